The van der Waals surface area contributed by atoms with Crippen molar-refractivity contribution in [3.63, 3.8) is 0 Å². The SMILES string of the molecule is Cc1cc(OCC(=O)NCCCc2ccccc2Cl)cc(C)c1Br. The number of nitrogens with one attached hydrogen (secondary N) is 1. The highest BCUT2D eigenvalue weighted by atomic mass is 79.9. The second-order valence-corrected chi connectivity index (χ2v) is 6.90. The lowest BCUT2D eigenvalue weighted by atomic mass is 10.1. The monoisotopic (exact) mass is 409 g/mol. The van der Waals surface area contributed by atoms with Crippen molar-refractivity contribution in [3.8, 4) is 5.75 Å². The Morgan fingerprint density at radius 3 is 2.54 bits per heavy atom. The van der Waals surface area contributed by atoms with Crippen LogP contribution < -0.4 is 10.1 Å². The van der Waals surface area contributed by atoms with E-state index >= 15 is 0 Å². The van der Waals surface area contributed by atoms with Gasteiger partial charge in [-0.25, -0.2) is 0 Å². The molecule has 0 saturated heterocycles. The van der Waals surface area contributed by atoms with Crippen LogP contribution in [0.15, 0.2) is 40.9 Å². The maximum atomic E-state index is 11.9. The number of carbonyl (C=O) groups excluding carboxylic acids is 1. The number of amides is 1. The number of ether oxygens (including phenoxy) is 1. The first-order valence-corrected chi connectivity index (χ1v) is 9.04. The Hall–Kier alpha value is -1.52. The Kier molecular flexibility index (Phi) is 7.13. The predicted octanol–water partition coefficient (Wildman–Crippen LogP) is 4.85. The van der Waals surface area contributed by atoms with Gasteiger partial charge in [-0.1, -0.05) is 45.7 Å². The number of hydrogen-bond acceptors (Lipinski definition) is 2. The van der Waals surface area contributed by atoms with Crippen LogP contribution in [-0.4, -0.2) is 19.1 Å². The van der Waals surface area contributed by atoms with E-state index in [2.05, 4.69) is 21.2 Å². The van der Waals surface area contributed by atoms with E-state index in [4.69, 9.17) is 16.3 Å². The summed E-state index contributed by atoms with van der Waals surface area (Å²) in [6.45, 7) is 4.62. The van der Waals surface area contributed by atoms with E-state index in [1.807, 2.05) is 50.2 Å². The molecule has 0 unspecified atom stereocenters. The molecule has 0 fully saturated rings. The Morgan fingerprint density at radius 2 is 1.88 bits per heavy atom. The van der Waals surface area contributed by atoms with Crippen molar-refractivity contribution in [1.82, 2.24) is 5.32 Å². The van der Waals surface area contributed by atoms with Gasteiger partial charge in [0.2, 0.25) is 0 Å². The van der Waals surface area contributed by atoms with Gasteiger partial charge in [-0.3, -0.25) is 4.79 Å². The van der Waals surface area contributed by atoms with E-state index in [0.29, 0.717) is 12.3 Å². The lowest BCUT2D eigenvalue weighted by Crippen LogP contribution is -2.29. The van der Waals surface area contributed by atoms with Gasteiger partial charge in [-0.15, -0.1) is 0 Å². The van der Waals surface area contributed by atoms with Gasteiger partial charge in [0.15, 0.2) is 6.61 Å². The number of aryl methyl sites for hydroxylation is 3. The topological polar surface area (TPSA) is 38.3 Å². The minimum Gasteiger partial charge on any atom is -0.484 e. The second kappa shape index (κ2) is 9.09. The molecule has 2 aromatic rings. The molecular formula is C19H21BrClNO2. The van der Waals surface area contributed by atoms with Crippen molar-refractivity contribution in [2.24, 2.45) is 0 Å². The van der Waals surface area contributed by atoms with Crippen LogP contribution in [0.1, 0.15) is 23.1 Å². The van der Waals surface area contributed by atoms with Crippen molar-refractivity contribution in [3.05, 3.63) is 62.6 Å². The van der Waals surface area contributed by atoms with Crippen LogP contribution in [0.5, 0.6) is 5.75 Å². The number of carbonyl (C=O) groups is 1. The number of rotatable bonds is 7. The Labute approximate surface area is 156 Å². The highest BCUT2D eigenvalue weighted by molar-refractivity contribution is 9.10. The Balaban J connectivity index is 1.71. The number of benzene rings is 2. The fourth-order valence-corrected chi connectivity index (χ4v) is 2.86. The fourth-order valence-electron chi connectivity index (χ4n) is 2.40. The van der Waals surface area contributed by atoms with E-state index in [0.717, 1.165) is 39.0 Å². The third kappa shape index (κ3) is 5.53. The van der Waals surface area contributed by atoms with Gasteiger partial charge < -0.3 is 10.1 Å². The molecule has 128 valence electrons. The normalized spacial score (nSPS) is 10.5. The zero-order chi connectivity index (χ0) is 17.5. The van der Waals surface area contributed by atoms with Crippen LogP contribution >= 0.6 is 27.5 Å². The van der Waals surface area contributed by atoms with Crippen LogP contribution in [0, 0.1) is 13.8 Å². The largest absolute Gasteiger partial charge is 0.484 e. The quantitative estimate of drug-likeness (QED) is 0.663. The van der Waals surface area contributed by atoms with Crippen LogP contribution in [0.4, 0.5) is 0 Å². The molecule has 0 aliphatic rings. The third-order valence-corrected chi connectivity index (χ3v) is 5.30. The van der Waals surface area contributed by atoms with Crippen LogP contribution in [0.25, 0.3) is 0 Å². The highest BCUT2D eigenvalue weighted by Gasteiger charge is 2.06. The molecule has 3 nitrogen and oxygen atoms in total. The van der Waals surface area contributed by atoms with Crippen LogP contribution in [-0.2, 0) is 11.2 Å². The summed E-state index contributed by atoms with van der Waals surface area (Å²) in [5, 5.41) is 3.64. The summed E-state index contributed by atoms with van der Waals surface area (Å²) in [5.41, 5.74) is 3.28. The van der Waals surface area contributed by atoms with Gasteiger partial charge in [-0.2, -0.15) is 0 Å². The fraction of sp³-hybridized carbons (Fsp3) is 0.316. The van der Waals surface area contributed by atoms with E-state index in [1.165, 1.54) is 0 Å². The molecule has 0 radical (unpaired) electrons. The van der Waals surface area contributed by atoms with Crippen molar-refractivity contribution < 1.29 is 9.53 Å². The average molecular weight is 411 g/mol. The summed E-state index contributed by atoms with van der Waals surface area (Å²) in [7, 11) is 0. The smallest absolute Gasteiger partial charge is 0.257 e. The first kappa shape index (κ1) is 18.8. The first-order chi connectivity index (χ1) is 11.5. The lowest BCUT2D eigenvalue weighted by Gasteiger charge is -2.10. The highest BCUT2D eigenvalue weighted by Crippen LogP contribution is 2.26. The van der Waals surface area contributed by atoms with E-state index in [-0.39, 0.29) is 12.5 Å². The third-order valence-electron chi connectivity index (χ3n) is 3.68. The van der Waals surface area contributed by atoms with Gasteiger partial charge in [-0.05, 0) is 61.6 Å². The van der Waals surface area contributed by atoms with Gasteiger partial charge in [0.25, 0.3) is 5.91 Å². The molecule has 0 bridgehead atoms. The van der Waals surface area contributed by atoms with Gasteiger partial charge in [0.1, 0.15) is 5.75 Å². The Morgan fingerprint density at radius 1 is 1.21 bits per heavy atom. The van der Waals surface area contributed by atoms with E-state index in [9.17, 15) is 4.79 Å². The maximum Gasteiger partial charge on any atom is 0.257 e. The van der Waals surface area contributed by atoms with Crippen molar-refractivity contribution in [1.29, 1.82) is 0 Å². The minimum absolute atomic E-state index is 0.0204. The van der Waals surface area contributed by atoms with Crippen molar-refractivity contribution in [2.45, 2.75) is 26.7 Å². The summed E-state index contributed by atoms with van der Waals surface area (Å²) in [6.07, 6.45) is 1.68. The summed E-state index contributed by atoms with van der Waals surface area (Å²) in [4.78, 5) is 11.9. The zero-order valence-corrected chi connectivity index (χ0v) is 16.2. The van der Waals surface area contributed by atoms with Gasteiger partial charge in [0, 0.05) is 16.0 Å². The summed E-state index contributed by atoms with van der Waals surface area (Å²) >= 11 is 9.62. The van der Waals surface area contributed by atoms with Crippen LogP contribution in [0.2, 0.25) is 5.02 Å². The summed E-state index contributed by atoms with van der Waals surface area (Å²) < 4.78 is 6.63. The molecule has 0 aliphatic heterocycles. The zero-order valence-electron chi connectivity index (χ0n) is 13.9. The molecule has 24 heavy (non-hydrogen) atoms. The predicted molar refractivity (Wildman–Crippen MR) is 102 cm³/mol. The Bertz CT molecular complexity index is 695. The molecule has 0 atom stereocenters. The summed E-state index contributed by atoms with van der Waals surface area (Å²) in [5.74, 6) is 0.590. The molecule has 1 amide bonds. The molecule has 0 saturated carbocycles. The van der Waals surface area contributed by atoms with Gasteiger partial charge >= 0.3 is 0 Å². The molecular weight excluding hydrogens is 390 g/mol. The van der Waals surface area contributed by atoms with E-state index in [1.54, 1.807) is 0 Å². The van der Waals surface area contributed by atoms with E-state index < -0.39 is 0 Å². The summed E-state index contributed by atoms with van der Waals surface area (Å²) in [6, 6.07) is 11.6. The molecule has 0 spiro atoms. The second-order valence-electron chi connectivity index (χ2n) is 5.70. The first-order valence-electron chi connectivity index (χ1n) is 7.87. The molecule has 0 aromatic heterocycles. The lowest BCUT2D eigenvalue weighted by molar-refractivity contribution is -0.123. The maximum absolute atomic E-state index is 11.9. The van der Waals surface area contributed by atoms with Gasteiger partial charge in [0.05, 0.1) is 0 Å². The standard InChI is InChI=1S/C19H21BrClNO2/c1-13-10-16(11-14(2)19(13)20)24-12-18(23)22-9-5-7-15-6-3-4-8-17(15)21/h3-4,6,8,10-11H,5,7,9,12H2,1-2H3,(H,22,23). The number of halogens is 2. The number of hydrogen-bond donors (Lipinski definition) is 1. The van der Waals surface area contributed by atoms with Crippen molar-refractivity contribution >= 4 is 33.4 Å². The molecule has 0 aliphatic carbocycles. The molecule has 2 aromatic carbocycles. The minimum atomic E-state index is -0.118. The molecule has 2 rings (SSSR count). The molecule has 5 heteroatoms. The average Bonchev–Trinajstić information content (AvgIpc) is 2.56. The molecule has 0 heterocycles. The van der Waals surface area contributed by atoms with Crippen LogP contribution in [0.3, 0.4) is 0 Å². The van der Waals surface area contributed by atoms with Crippen molar-refractivity contribution in [2.75, 3.05) is 13.2 Å². The molecule has 1 N–H and O–H groups in total.